The average molecular weight is 356 g/mol. The van der Waals surface area contributed by atoms with Crippen molar-refractivity contribution in [2.24, 2.45) is 0 Å². The van der Waals surface area contributed by atoms with Gasteiger partial charge in [0.15, 0.2) is 10.8 Å². The van der Waals surface area contributed by atoms with E-state index in [1.807, 2.05) is 0 Å². The highest BCUT2D eigenvalue weighted by Gasteiger charge is 2.31. The number of hydrogen-bond donors (Lipinski definition) is 1. The zero-order valence-electron chi connectivity index (χ0n) is 12.1. The van der Waals surface area contributed by atoms with Gasteiger partial charge in [-0.1, -0.05) is 11.8 Å². The first-order valence-corrected chi connectivity index (χ1v) is 7.76. The van der Waals surface area contributed by atoms with Gasteiger partial charge in [-0.15, -0.1) is 10.2 Å². The molecule has 0 bridgehead atoms. The Labute approximate surface area is 138 Å². The highest BCUT2D eigenvalue weighted by atomic mass is 32.2. The van der Waals surface area contributed by atoms with Crippen LogP contribution in [0.25, 0.3) is 5.65 Å². The van der Waals surface area contributed by atoms with Crippen LogP contribution in [0.5, 0.6) is 0 Å². The highest BCUT2D eigenvalue weighted by Crippen LogP contribution is 2.30. The van der Waals surface area contributed by atoms with Gasteiger partial charge in [0.2, 0.25) is 5.91 Å². The molecule has 6 nitrogen and oxygen atoms in total. The van der Waals surface area contributed by atoms with E-state index < -0.39 is 11.7 Å². The Bertz CT molecular complexity index is 845. The lowest BCUT2D eigenvalue weighted by Crippen LogP contribution is -2.24. The van der Waals surface area contributed by atoms with Gasteiger partial charge in [-0.25, -0.2) is 0 Å². The first-order valence-electron chi connectivity index (χ1n) is 6.77. The van der Waals surface area contributed by atoms with Gasteiger partial charge in [-0.05, 0) is 24.3 Å². The van der Waals surface area contributed by atoms with E-state index in [-0.39, 0.29) is 29.0 Å². The molecule has 0 saturated heterocycles. The van der Waals surface area contributed by atoms with Crippen molar-refractivity contribution < 1.29 is 22.4 Å². The molecule has 0 aromatic carbocycles. The number of rotatable bonds is 5. The third-order valence-corrected chi connectivity index (χ3v) is 4.01. The third kappa shape index (κ3) is 3.70. The number of halogens is 3. The molecule has 0 radical (unpaired) electrons. The Morgan fingerprint density at radius 2 is 2.12 bits per heavy atom. The second kappa shape index (κ2) is 6.56. The predicted octanol–water partition coefficient (Wildman–Crippen LogP) is 2.75. The highest BCUT2D eigenvalue weighted by molar-refractivity contribution is 7.99. The van der Waals surface area contributed by atoms with Crippen LogP contribution in [0.3, 0.4) is 0 Å². The molecule has 0 aliphatic rings. The average Bonchev–Trinajstić information content (AvgIpc) is 3.19. The van der Waals surface area contributed by atoms with Gasteiger partial charge < -0.3 is 9.73 Å². The Kier molecular flexibility index (Phi) is 4.47. The number of amides is 1. The predicted molar refractivity (Wildman–Crippen MR) is 79.3 cm³/mol. The maximum atomic E-state index is 12.8. The third-order valence-electron chi connectivity index (χ3n) is 3.07. The van der Waals surface area contributed by atoms with Gasteiger partial charge >= 0.3 is 6.18 Å². The van der Waals surface area contributed by atoms with Gasteiger partial charge in [0.1, 0.15) is 5.76 Å². The smallest absolute Gasteiger partial charge is 0.417 e. The quantitative estimate of drug-likeness (QED) is 0.712. The Balaban J connectivity index is 1.65. The van der Waals surface area contributed by atoms with Gasteiger partial charge in [0.05, 0.1) is 24.1 Å². The van der Waals surface area contributed by atoms with E-state index in [1.54, 1.807) is 12.1 Å². The normalized spacial score (nSPS) is 11.8. The van der Waals surface area contributed by atoms with Crippen LogP contribution in [-0.2, 0) is 17.5 Å². The van der Waals surface area contributed by atoms with E-state index in [0.29, 0.717) is 5.76 Å². The number of aromatic nitrogens is 3. The van der Waals surface area contributed by atoms with Crippen molar-refractivity contribution in [1.29, 1.82) is 0 Å². The first-order chi connectivity index (χ1) is 11.4. The van der Waals surface area contributed by atoms with E-state index in [2.05, 4.69) is 15.5 Å². The molecule has 0 unspecified atom stereocenters. The molecule has 3 heterocycles. The zero-order valence-corrected chi connectivity index (χ0v) is 12.9. The molecule has 10 heteroatoms. The molecule has 0 aliphatic carbocycles. The summed E-state index contributed by atoms with van der Waals surface area (Å²) < 4.78 is 44.6. The lowest BCUT2D eigenvalue weighted by molar-refractivity contribution is -0.137. The Morgan fingerprint density at radius 1 is 1.29 bits per heavy atom. The molecule has 0 aliphatic heterocycles. The minimum atomic E-state index is -4.46. The number of nitrogens with zero attached hydrogens (tertiary/aromatic N) is 3. The second-order valence-electron chi connectivity index (χ2n) is 4.77. The molecular weight excluding hydrogens is 345 g/mol. The van der Waals surface area contributed by atoms with E-state index in [9.17, 15) is 18.0 Å². The number of pyridine rings is 1. The summed E-state index contributed by atoms with van der Waals surface area (Å²) in [5, 5.41) is 10.4. The summed E-state index contributed by atoms with van der Waals surface area (Å²) in [6, 6.07) is 5.60. The van der Waals surface area contributed by atoms with Gasteiger partial charge in [-0.3, -0.25) is 9.20 Å². The monoisotopic (exact) mass is 356 g/mol. The summed E-state index contributed by atoms with van der Waals surface area (Å²) in [5.74, 6) is 0.314. The number of hydrogen-bond acceptors (Lipinski definition) is 5. The maximum absolute atomic E-state index is 12.8. The standard InChI is InChI=1S/C14H11F3N4O2S/c15-14(16,17)9-3-4-11-19-20-13(21(11)7-9)24-8-12(22)18-6-10-2-1-5-23-10/h1-5,7H,6,8H2,(H,18,22). The number of carbonyl (C=O) groups excluding carboxylic acids is 1. The first kappa shape index (κ1) is 16.4. The van der Waals surface area contributed by atoms with Crippen molar-refractivity contribution in [1.82, 2.24) is 19.9 Å². The van der Waals surface area contributed by atoms with Crippen LogP contribution in [-0.4, -0.2) is 26.3 Å². The van der Waals surface area contributed by atoms with Gasteiger partial charge in [-0.2, -0.15) is 13.2 Å². The molecule has 0 saturated carbocycles. The van der Waals surface area contributed by atoms with E-state index >= 15 is 0 Å². The van der Waals surface area contributed by atoms with Crippen LogP contribution in [0.4, 0.5) is 13.2 Å². The van der Waals surface area contributed by atoms with Crippen LogP contribution >= 0.6 is 11.8 Å². The van der Waals surface area contributed by atoms with Crippen LogP contribution in [0.1, 0.15) is 11.3 Å². The summed E-state index contributed by atoms with van der Waals surface area (Å²) in [5.41, 5.74) is -0.527. The summed E-state index contributed by atoms with van der Waals surface area (Å²) in [7, 11) is 0. The number of alkyl halides is 3. The van der Waals surface area contributed by atoms with Crippen LogP contribution in [0, 0.1) is 0 Å². The summed E-state index contributed by atoms with van der Waals surface area (Å²) in [6.45, 7) is 0.241. The lowest BCUT2D eigenvalue weighted by Gasteiger charge is -2.07. The van der Waals surface area contributed by atoms with Crippen molar-refractivity contribution >= 4 is 23.3 Å². The molecule has 3 aromatic heterocycles. The molecule has 3 rings (SSSR count). The Hall–Kier alpha value is -2.49. The minimum absolute atomic E-state index is 0.00223. The van der Waals surface area contributed by atoms with Crippen LogP contribution < -0.4 is 5.32 Å². The summed E-state index contributed by atoms with van der Waals surface area (Å²) >= 11 is 1.00. The second-order valence-corrected chi connectivity index (χ2v) is 5.71. The molecular formula is C14H11F3N4O2S. The van der Waals surface area contributed by atoms with E-state index in [4.69, 9.17) is 4.42 Å². The van der Waals surface area contributed by atoms with Gasteiger partial charge in [0, 0.05) is 6.20 Å². The van der Waals surface area contributed by atoms with E-state index in [1.165, 1.54) is 16.7 Å². The number of furan rings is 1. The van der Waals surface area contributed by atoms with Crippen molar-refractivity contribution in [2.75, 3.05) is 5.75 Å². The fourth-order valence-corrected chi connectivity index (χ4v) is 2.66. The minimum Gasteiger partial charge on any atom is -0.467 e. The molecule has 3 aromatic rings. The van der Waals surface area contributed by atoms with Crippen molar-refractivity contribution in [3.8, 4) is 0 Å². The number of fused-ring (bicyclic) bond motifs is 1. The number of thioether (sulfide) groups is 1. The van der Waals surface area contributed by atoms with Crippen LogP contribution in [0.15, 0.2) is 46.3 Å². The topological polar surface area (TPSA) is 72.4 Å². The summed E-state index contributed by atoms with van der Waals surface area (Å²) in [6.07, 6.45) is -2.05. The molecule has 0 atom stereocenters. The Morgan fingerprint density at radius 3 is 2.83 bits per heavy atom. The molecule has 0 spiro atoms. The van der Waals surface area contributed by atoms with E-state index in [0.717, 1.165) is 24.0 Å². The molecule has 24 heavy (non-hydrogen) atoms. The van der Waals surface area contributed by atoms with Gasteiger partial charge in [0.25, 0.3) is 0 Å². The van der Waals surface area contributed by atoms with Crippen molar-refractivity contribution in [3.05, 3.63) is 48.0 Å². The molecule has 1 amide bonds. The number of nitrogens with one attached hydrogen (secondary N) is 1. The largest absolute Gasteiger partial charge is 0.467 e. The molecule has 1 N–H and O–H groups in total. The maximum Gasteiger partial charge on any atom is 0.417 e. The molecule has 0 fully saturated rings. The number of carbonyl (C=O) groups is 1. The SMILES string of the molecule is O=C(CSc1nnc2ccc(C(F)(F)F)cn12)NCc1ccco1. The van der Waals surface area contributed by atoms with Crippen molar-refractivity contribution in [2.45, 2.75) is 17.9 Å². The fourth-order valence-electron chi connectivity index (χ4n) is 1.92. The zero-order chi connectivity index (χ0) is 17.2. The van der Waals surface area contributed by atoms with Crippen LogP contribution in [0.2, 0.25) is 0 Å². The molecule has 126 valence electrons. The fraction of sp³-hybridized carbons (Fsp3) is 0.214. The lowest BCUT2D eigenvalue weighted by atomic mass is 10.3. The summed E-state index contributed by atoms with van der Waals surface area (Å²) in [4.78, 5) is 11.8. The van der Waals surface area contributed by atoms with Crippen molar-refractivity contribution in [3.63, 3.8) is 0 Å².